The molecular formula is C11H15NO5. The Hall–Kier alpha value is -1.82. The predicted octanol–water partition coefficient (Wildman–Crippen LogP) is 0.462. The number of carboxylic acid groups (broad SMARTS) is 1. The van der Waals surface area contributed by atoms with Crippen LogP contribution in [0.5, 0.6) is 0 Å². The summed E-state index contributed by atoms with van der Waals surface area (Å²) in [5.74, 6) is -0.814. The number of carbonyl (C=O) groups is 2. The van der Waals surface area contributed by atoms with E-state index in [9.17, 15) is 14.7 Å². The van der Waals surface area contributed by atoms with Gasteiger partial charge in [0.2, 0.25) is 0 Å². The van der Waals surface area contributed by atoms with Gasteiger partial charge in [0.1, 0.15) is 11.5 Å². The quantitative estimate of drug-likeness (QED) is 0.711. The molecular weight excluding hydrogens is 226 g/mol. The Balaban J connectivity index is 2.68. The summed E-state index contributed by atoms with van der Waals surface area (Å²) >= 11 is 0. The van der Waals surface area contributed by atoms with Gasteiger partial charge in [-0.1, -0.05) is 0 Å². The summed E-state index contributed by atoms with van der Waals surface area (Å²) in [6.45, 7) is 4.09. The molecule has 1 unspecified atom stereocenters. The van der Waals surface area contributed by atoms with Crippen molar-refractivity contribution in [3.63, 3.8) is 0 Å². The average Bonchev–Trinajstić information content (AvgIpc) is 2.54. The smallest absolute Gasteiger partial charge is 0.337 e. The molecule has 0 aromatic carbocycles. The van der Waals surface area contributed by atoms with Gasteiger partial charge in [-0.2, -0.15) is 0 Å². The number of hydrogen-bond donors (Lipinski definition) is 3. The highest BCUT2D eigenvalue weighted by Crippen LogP contribution is 2.13. The van der Waals surface area contributed by atoms with Crippen LogP contribution in [0.15, 0.2) is 10.5 Å². The van der Waals surface area contributed by atoms with Crippen molar-refractivity contribution in [2.75, 3.05) is 6.54 Å². The normalized spacial score (nSPS) is 14.1. The lowest BCUT2D eigenvalue weighted by molar-refractivity contribution is -0.155. The molecule has 0 saturated carbocycles. The van der Waals surface area contributed by atoms with Gasteiger partial charge < -0.3 is 19.9 Å². The van der Waals surface area contributed by atoms with Crippen molar-refractivity contribution in [2.45, 2.75) is 26.4 Å². The zero-order valence-corrected chi connectivity index (χ0v) is 9.90. The van der Waals surface area contributed by atoms with Crippen LogP contribution in [0.2, 0.25) is 0 Å². The molecule has 1 heterocycles. The maximum absolute atomic E-state index is 11.7. The Morgan fingerprint density at radius 1 is 1.47 bits per heavy atom. The maximum Gasteiger partial charge on any atom is 0.337 e. The Bertz CT molecular complexity index is 447. The van der Waals surface area contributed by atoms with Crippen molar-refractivity contribution < 1.29 is 24.2 Å². The zero-order chi connectivity index (χ0) is 13.2. The van der Waals surface area contributed by atoms with E-state index >= 15 is 0 Å². The van der Waals surface area contributed by atoms with Gasteiger partial charge in [0.15, 0.2) is 5.60 Å². The molecule has 1 aromatic rings. The second kappa shape index (κ2) is 4.58. The summed E-state index contributed by atoms with van der Waals surface area (Å²) in [5.41, 5.74) is -1.65. The largest absolute Gasteiger partial charge is 0.479 e. The second-order valence-electron chi connectivity index (χ2n) is 4.09. The van der Waals surface area contributed by atoms with E-state index in [1.807, 2.05) is 0 Å². The van der Waals surface area contributed by atoms with Crippen molar-refractivity contribution in [3.8, 4) is 0 Å². The van der Waals surface area contributed by atoms with E-state index in [1.165, 1.54) is 0 Å². The van der Waals surface area contributed by atoms with E-state index in [1.54, 1.807) is 19.9 Å². The van der Waals surface area contributed by atoms with E-state index < -0.39 is 17.5 Å². The van der Waals surface area contributed by atoms with Crippen LogP contribution in [-0.2, 0) is 4.79 Å². The molecule has 0 fully saturated rings. The second-order valence-corrected chi connectivity index (χ2v) is 4.09. The van der Waals surface area contributed by atoms with Crippen LogP contribution < -0.4 is 5.32 Å². The molecule has 0 aliphatic rings. The zero-order valence-electron chi connectivity index (χ0n) is 9.90. The highest BCUT2D eigenvalue weighted by molar-refractivity contribution is 5.95. The first-order valence-electron chi connectivity index (χ1n) is 5.05. The van der Waals surface area contributed by atoms with Gasteiger partial charge in [-0.25, -0.2) is 4.79 Å². The number of hydrogen-bond acceptors (Lipinski definition) is 4. The fraction of sp³-hybridized carbons (Fsp3) is 0.455. The molecule has 0 radical (unpaired) electrons. The van der Waals surface area contributed by atoms with Gasteiger partial charge in [-0.15, -0.1) is 0 Å². The standard InChI is InChI=1S/C11H15NO5/c1-6-4-8(7(2)17-6)9(13)12-5-11(3,16)10(14)15/h4,16H,5H2,1-3H3,(H,12,13)(H,14,15). The summed E-state index contributed by atoms with van der Waals surface area (Å²) in [6.07, 6.45) is 0. The number of carboxylic acids is 1. The Morgan fingerprint density at radius 2 is 2.06 bits per heavy atom. The van der Waals surface area contributed by atoms with Crippen LogP contribution in [-0.4, -0.2) is 34.2 Å². The van der Waals surface area contributed by atoms with Crippen molar-refractivity contribution >= 4 is 11.9 Å². The van der Waals surface area contributed by atoms with Gasteiger partial charge in [0.05, 0.1) is 12.1 Å². The lowest BCUT2D eigenvalue weighted by Gasteiger charge is -2.17. The molecule has 94 valence electrons. The highest BCUT2D eigenvalue weighted by atomic mass is 16.4. The molecule has 1 aromatic heterocycles. The summed E-state index contributed by atoms with van der Waals surface area (Å²) in [7, 11) is 0. The lowest BCUT2D eigenvalue weighted by Crippen LogP contribution is -2.46. The predicted molar refractivity (Wildman–Crippen MR) is 58.8 cm³/mol. The average molecular weight is 241 g/mol. The molecule has 0 bridgehead atoms. The van der Waals surface area contributed by atoms with Crippen LogP contribution in [0.4, 0.5) is 0 Å². The monoisotopic (exact) mass is 241 g/mol. The number of aryl methyl sites for hydroxylation is 2. The summed E-state index contributed by atoms with van der Waals surface area (Å²) in [4.78, 5) is 22.3. The van der Waals surface area contributed by atoms with Crippen molar-refractivity contribution in [3.05, 3.63) is 23.2 Å². The summed E-state index contributed by atoms with van der Waals surface area (Å²) < 4.78 is 5.18. The van der Waals surface area contributed by atoms with E-state index in [-0.39, 0.29) is 6.54 Å². The van der Waals surface area contributed by atoms with Gasteiger partial charge in [0, 0.05) is 0 Å². The van der Waals surface area contributed by atoms with Crippen molar-refractivity contribution in [2.24, 2.45) is 0 Å². The third-order valence-corrected chi connectivity index (χ3v) is 2.34. The first kappa shape index (κ1) is 13.2. The number of amides is 1. The first-order chi connectivity index (χ1) is 7.74. The van der Waals surface area contributed by atoms with E-state index in [2.05, 4.69) is 5.32 Å². The SMILES string of the molecule is Cc1cc(C(=O)NCC(C)(O)C(=O)O)c(C)o1. The van der Waals surface area contributed by atoms with Crippen LogP contribution in [0.3, 0.4) is 0 Å². The van der Waals surface area contributed by atoms with E-state index in [0.717, 1.165) is 6.92 Å². The Kier molecular flexibility index (Phi) is 3.57. The van der Waals surface area contributed by atoms with Gasteiger partial charge in [-0.05, 0) is 26.8 Å². The number of rotatable bonds is 4. The van der Waals surface area contributed by atoms with Crippen LogP contribution in [0.25, 0.3) is 0 Å². The minimum absolute atomic E-state index is 0.337. The molecule has 0 spiro atoms. The number of aliphatic hydroxyl groups is 1. The summed E-state index contributed by atoms with van der Waals surface area (Å²) in [5, 5.41) is 20.4. The highest BCUT2D eigenvalue weighted by Gasteiger charge is 2.30. The van der Waals surface area contributed by atoms with Crippen LogP contribution in [0.1, 0.15) is 28.8 Å². The minimum atomic E-state index is -1.98. The first-order valence-corrected chi connectivity index (χ1v) is 5.05. The number of carbonyl (C=O) groups excluding carboxylic acids is 1. The molecule has 0 saturated heterocycles. The third kappa shape index (κ3) is 3.07. The maximum atomic E-state index is 11.7. The molecule has 6 heteroatoms. The molecule has 0 aliphatic heterocycles. The molecule has 0 aliphatic carbocycles. The summed E-state index contributed by atoms with van der Waals surface area (Å²) in [6, 6.07) is 1.56. The van der Waals surface area contributed by atoms with Crippen molar-refractivity contribution in [1.29, 1.82) is 0 Å². The number of aliphatic carboxylic acids is 1. The lowest BCUT2D eigenvalue weighted by atomic mass is 10.1. The Labute approximate surface area is 98.2 Å². The fourth-order valence-electron chi connectivity index (χ4n) is 1.28. The third-order valence-electron chi connectivity index (χ3n) is 2.34. The molecule has 1 atom stereocenters. The van der Waals surface area contributed by atoms with Crippen molar-refractivity contribution in [1.82, 2.24) is 5.32 Å². The molecule has 3 N–H and O–H groups in total. The van der Waals surface area contributed by atoms with Gasteiger partial charge in [0.25, 0.3) is 5.91 Å². The van der Waals surface area contributed by atoms with E-state index in [0.29, 0.717) is 17.1 Å². The Morgan fingerprint density at radius 3 is 2.47 bits per heavy atom. The topological polar surface area (TPSA) is 99.8 Å². The fourth-order valence-corrected chi connectivity index (χ4v) is 1.28. The molecule has 1 rings (SSSR count). The van der Waals surface area contributed by atoms with Gasteiger partial charge in [-0.3, -0.25) is 4.79 Å². The molecule has 6 nitrogen and oxygen atoms in total. The molecule has 1 amide bonds. The number of furan rings is 1. The van der Waals surface area contributed by atoms with E-state index in [4.69, 9.17) is 9.52 Å². The minimum Gasteiger partial charge on any atom is -0.479 e. The van der Waals surface area contributed by atoms with Crippen LogP contribution in [0, 0.1) is 13.8 Å². The number of nitrogens with one attached hydrogen (secondary N) is 1. The van der Waals surface area contributed by atoms with Crippen LogP contribution >= 0.6 is 0 Å². The molecule has 17 heavy (non-hydrogen) atoms. The van der Waals surface area contributed by atoms with Gasteiger partial charge >= 0.3 is 5.97 Å².